The zero-order valence-electron chi connectivity index (χ0n) is 24.2. The van der Waals surface area contributed by atoms with Crippen LogP contribution in [0.4, 0.5) is 14.6 Å². The minimum atomic E-state index is -0.939. The summed E-state index contributed by atoms with van der Waals surface area (Å²) in [4.78, 5) is 14.0. The van der Waals surface area contributed by atoms with E-state index in [9.17, 15) is 5.11 Å². The molecule has 1 aromatic heterocycles. The number of morpholine rings is 1. The lowest BCUT2D eigenvalue weighted by atomic mass is 9.95. The van der Waals surface area contributed by atoms with Gasteiger partial charge in [0.05, 0.1) is 24.8 Å². The molecule has 4 unspecified atom stereocenters. The van der Waals surface area contributed by atoms with Crippen LogP contribution in [0.2, 0.25) is 5.02 Å². The van der Waals surface area contributed by atoms with Gasteiger partial charge in [0, 0.05) is 60.3 Å². The van der Waals surface area contributed by atoms with Crippen molar-refractivity contribution in [1.29, 1.82) is 0 Å². The SMILES string of the molecule is Oc1cc2ccccc2c(-c2c(Cl)cc3c(N4CC5CCC(C4)N5)nc(OCCCN4C5CCC4COC5)nc3c2F)c1F. The van der Waals surface area contributed by atoms with Crippen LogP contribution >= 0.6 is 11.6 Å². The van der Waals surface area contributed by atoms with Gasteiger partial charge in [0.25, 0.3) is 0 Å². The van der Waals surface area contributed by atoms with Gasteiger partial charge >= 0.3 is 6.01 Å². The molecule has 5 heterocycles. The maximum Gasteiger partial charge on any atom is 0.319 e. The zero-order valence-corrected chi connectivity index (χ0v) is 25.0. The number of aromatic nitrogens is 2. The van der Waals surface area contributed by atoms with Gasteiger partial charge < -0.3 is 24.8 Å². The summed E-state index contributed by atoms with van der Waals surface area (Å²) in [5, 5.41) is 15.5. The highest BCUT2D eigenvalue weighted by Gasteiger charge is 2.37. The minimum Gasteiger partial charge on any atom is -0.505 e. The molecule has 4 aliphatic rings. The number of nitrogens with one attached hydrogen (secondary N) is 1. The molecule has 0 amide bonds. The van der Waals surface area contributed by atoms with Gasteiger partial charge in [0.2, 0.25) is 0 Å². The topological polar surface area (TPSA) is 83.0 Å². The first-order chi connectivity index (χ1) is 21.4. The van der Waals surface area contributed by atoms with Gasteiger partial charge in [-0.3, -0.25) is 4.90 Å². The van der Waals surface area contributed by atoms with Crippen molar-refractivity contribution in [3.8, 4) is 22.9 Å². The van der Waals surface area contributed by atoms with E-state index in [1.165, 1.54) is 6.07 Å². The predicted octanol–water partition coefficient (Wildman–Crippen LogP) is 5.66. The Labute approximate surface area is 258 Å². The standard InChI is InChI=1S/C33H34ClF2N5O3/c34-25-13-24-31(30(36)28(25)27-23-5-2-1-4-18(23)12-26(42)29(27)35)38-33(39-32(24)40-14-19-6-7-20(15-40)37-19)44-11-3-10-41-21-8-9-22(41)17-43-16-21/h1-2,4-5,12-13,19-22,37,42H,3,6-11,14-17H2. The van der Waals surface area contributed by atoms with Gasteiger partial charge in [-0.2, -0.15) is 9.97 Å². The summed E-state index contributed by atoms with van der Waals surface area (Å²) in [7, 11) is 0. The van der Waals surface area contributed by atoms with E-state index in [-0.39, 0.29) is 27.7 Å². The minimum absolute atomic E-state index is 0.00771. The molecule has 0 saturated carbocycles. The van der Waals surface area contributed by atoms with Crippen LogP contribution in [0.15, 0.2) is 36.4 Å². The van der Waals surface area contributed by atoms with Crippen molar-refractivity contribution in [3.05, 3.63) is 53.1 Å². The molecule has 0 radical (unpaired) electrons. The second kappa shape index (κ2) is 11.2. The third kappa shape index (κ3) is 4.83. The fourth-order valence-corrected chi connectivity index (χ4v) is 7.99. The molecule has 3 aromatic carbocycles. The van der Waals surface area contributed by atoms with Crippen LogP contribution < -0.4 is 15.0 Å². The van der Waals surface area contributed by atoms with Crippen molar-refractivity contribution in [2.45, 2.75) is 56.3 Å². The van der Waals surface area contributed by atoms with Crippen molar-refractivity contribution in [1.82, 2.24) is 20.2 Å². The van der Waals surface area contributed by atoms with Crippen LogP contribution in [0.25, 0.3) is 32.8 Å². The van der Waals surface area contributed by atoms with Crippen LogP contribution in [0, 0.1) is 11.6 Å². The number of ether oxygens (including phenoxy) is 2. The molecule has 4 fully saturated rings. The van der Waals surface area contributed by atoms with E-state index in [2.05, 4.69) is 20.1 Å². The highest BCUT2D eigenvalue weighted by molar-refractivity contribution is 6.35. The summed E-state index contributed by atoms with van der Waals surface area (Å²) in [5.74, 6) is -1.74. The quantitative estimate of drug-likeness (QED) is 0.256. The van der Waals surface area contributed by atoms with Crippen molar-refractivity contribution in [3.63, 3.8) is 0 Å². The number of halogens is 3. The van der Waals surface area contributed by atoms with Gasteiger partial charge in [-0.05, 0) is 55.0 Å². The number of phenols is 1. The lowest BCUT2D eigenvalue weighted by molar-refractivity contribution is -0.0161. The van der Waals surface area contributed by atoms with Gasteiger partial charge in [0.1, 0.15) is 11.3 Å². The number of aromatic hydroxyl groups is 1. The Morgan fingerprint density at radius 1 is 0.955 bits per heavy atom. The van der Waals surface area contributed by atoms with Crippen molar-refractivity contribution in [2.24, 2.45) is 0 Å². The average molecular weight is 622 g/mol. The van der Waals surface area contributed by atoms with Crippen LogP contribution in [-0.2, 0) is 4.74 Å². The highest BCUT2D eigenvalue weighted by atomic mass is 35.5. The Morgan fingerprint density at radius 2 is 1.70 bits per heavy atom. The van der Waals surface area contributed by atoms with Gasteiger partial charge in [-0.15, -0.1) is 0 Å². The summed E-state index contributed by atoms with van der Waals surface area (Å²) in [6, 6.07) is 11.5. The Balaban J connectivity index is 1.19. The molecule has 4 aliphatic heterocycles. The summed E-state index contributed by atoms with van der Waals surface area (Å²) in [5.41, 5.74) is -0.246. The number of phenolic OH excluding ortho intramolecular Hbond substituents is 1. The smallest absolute Gasteiger partial charge is 0.319 e. The molecule has 0 spiro atoms. The van der Waals surface area contributed by atoms with E-state index in [4.69, 9.17) is 26.1 Å². The molecule has 11 heteroatoms. The molecule has 4 saturated heterocycles. The number of rotatable bonds is 7. The van der Waals surface area contributed by atoms with Crippen LogP contribution in [0.5, 0.6) is 11.8 Å². The Kier molecular flexibility index (Phi) is 7.20. The van der Waals surface area contributed by atoms with E-state index in [1.807, 2.05) is 0 Å². The van der Waals surface area contributed by atoms with Crippen LogP contribution in [0.1, 0.15) is 32.1 Å². The predicted molar refractivity (Wildman–Crippen MR) is 166 cm³/mol. The molecule has 4 aromatic rings. The number of benzene rings is 3. The van der Waals surface area contributed by atoms with E-state index in [0.29, 0.717) is 65.8 Å². The van der Waals surface area contributed by atoms with Crippen molar-refractivity contribution >= 4 is 39.1 Å². The first-order valence-corrected chi connectivity index (χ1v) is 15.9. The van der Waals surface area contributed by atoms with Crippen molar-refractivity contribution in [2.75, 3.05) is 44.4 Å². The number of hydrogen-bond acceptors (Lipinski definition) is 8. The van der Waals surface area contributed by atoms with Crippen molar-refractivity contribution < 1.29 is 23.4 Å². The normalized spacial score (nSPS) is 24.9. The maximum absolute atomic E-state index is 16.7. The number of piperazine rings is 1. The largest absolute Gasteiger partial charge is 0.505 e. The summed E-state index contributed by atoms with van der Waals surface area (Å²) in [6.45, 7) is 4.25. The Bertz CT molecular complexity index is 1730. The molecule has 4 bridgehead atoms. The van der Waals surface area contributed by atoms with E-state index >= 15 is 8.78 Å². The van der Waals surface area contributed by atoms with E-state index in [1.54, 1.807) is 30.3 Å². The number of nitrogens with zero attached hydrogens (tertiary/aromatic N) is 4. The monoisotopic (exact) mass is 621 g/mol. The molecule has 230 valence electrons. The Morgan fingerprint density at radius 3 is 2.48 bits per heavy atom. The fourth-order valence-electron chi connectivity index (χ4n) is 7.71. The first-order valence-electron chi connectivity index (χ1n) is 15.5. The molecule has 0 aliphatic carbocycles. The van der Waals surface area contributed by atoms with Gasteiger partial charge in [-0.1, -0.05) is 35.9 Å². The van der Waals surface area contributed by atoms with E-state index in [0.717, 1.165) is 51.9 Å². The molecule has 8 rings (SSSR count). The molecular weight excluding hydrogens is 588 g/mol. The molecule has 2 N–H and O–H groups in total. The second-order valence-electron chi connectivity index (χ2n) is 12.5. The van der Waals surface area contributed by atoms with Gasteiger partial charge in [0.15, 0.2) is 17.4 Å². The number of fused-ring (bicyclic) bond motifs is 6. The van der Waals surface area contributed by atoms with Gasteiger partial charge in [-0.25, -0.2) is 8.78 Å². The third-order valence-electron chi connectivity index (χ3n) is 9.76. The summed E-state index contributed by atoms with van der Waals surface area (Å²) in [6.07, 6.45) is 5.24. The average Bonchev–Trinajstić information content (AvgIpc) is 3.47. The Hall–Kier alpha value is -3.31. The van der Waals surface area contributed by atoms with E-state index < -0.39 is 17.4 Å². The summed E-state index contributed by atoms with van der Waals surface area (Å²) >= 11 is 6.77. The maximum atomic E-state index is 16.7. The highest BCUT2D eigenvalue weighted by Crippen LogP contribution is 2.44. The molecular formula is C33H34ClF2N5O3. The lowest BCUT2D eigenvalue weighted by Crippen LogP contribution is -2.51. The molecule has 4 atom stereocenters. The van der Waals surface area contributed by atoms with Crippen LogP contribution in [0.3, 0.4) is 0 Å². The number of hydrogen-bond donors (Lipinski definition) is 2. The molecule has 8 nitrogen and oxygen atoms in total. The number of anilines is 1. The molecule has 44 heavy (non-hydrogen) atoms. The zero-order chi connectivity index (χ0) is 29.9. The lowest BCUT2D eigenvalue weighted by Gasteiger charge is -2.34. The first kappa shape index (κ1) is 28.2. The van der Waals surface area contributed by atoms with Crippen LogP contribution in [-0.4, -0.2) is 83.6 Å². The second-order valence-corrected chi connectivity index (χ2v) is 12.9. The fraction of sp³-hybridized carbons (Fsp3) is 0.455. The summed E-state index contributed by atoms with van der Waals surface area (Å²) < 4.78 is 44.1. The third-order valence-corrected chi connectivity index (χ3v) is 10.1.